The third-order valence-electron chi connectivity index (χ3n) is 7.46. The second kappa shape index (κ2) is 6.20. The van der Waals surface area contributed by atoms with E-state index in [1.807, 2.05) is 0 Å². The summed E-state index contributed by atoms with van der Waals surface area (Å²) in [6.07, 6.45) is 8.17. The van der Waals surface area contributed by atoms with E-state index in [0.717, 1.165) is 11.6 Å². The molecule has 1 heterocycles. The summed E-state index contributed by atoms with van der Waals surface area (Å²) < 4.78 is 0. The molecule has 0 radical (unpaired) electrons. The highest BCUT2D eigenvalue weighted by atomic mass is 15.0. The van der Waals surface area contributed by atoms with Crippen molar-refractivity contribution in [2.75, 3.05) is 0 Å². The highest BCUT2D eigenvalue weighted by Gasteiger charge is 2.57. The standard InChI is InChI=1S/C24H30N2/c1-24(2)19-15-20(24)23(25-17-11-7-4-8-12-17)22-18(19)13-14-21(26-22)16-9-5-3-6-10-16/h3,5-6,9-10,13-14,17,19-20,23,25H,4,7-8,11-12,15H2,1-2H3/t19-,20-,23+/m1/s1. The minimum atomic E-state index is 0.398. The van der Waals surface area contributed by atoms with Crippen molar-refractivity contribution < 1.29 is 0 Å². The summed E-state index contributed by atoms with van der Waals surface area (Å²) in [7, 11) is 0. The number of nitrogens with one attached hydrogen (secondary N) is 1. The first-order valence-corrected chi connectivity index (χ1v) is 10.5. The van der Waals surface area contributed by atoms with Crippen LogP contribution in [0.3, 0.4) is 0 Å². The molecular weight excluding hydrogens is 316 g/mol. The maximum absolute atomic E-state index is 5.21. The van der Waals surface area contributed by atoms with Gasteiger partial charge in [-0.3, -0.25) is 4.98 Å². The first-order valence-electron chi connectivity index (χ1n) is 10.5. The Hall–Kier alpha value is -1.67. The van der Waals surface area contributed by atoms with Crippen molar-refractivity contribution in [2.45, 2.75) is 70.4 Å². The molecule has 2 fully saturated rings. The topological polar surface area (TPSA) is 24.9 Å². The zero-order valence-corrected chi connectivity index (χ0v) is 16.0. The van der Waals surface area contributed by atoms with E-state index in [-0.39, 0.29) is 0 Å². The highest BCUT2D eigenvalue weighted by molar-refractivity contribution is 5.60. The summed E-state index contributed by atoms with van der Waals surface area (Å²) >= 11 is 0. The molecule has 0 saturated heterocycles. The molecule has 0 spiro atoms. The van der Waals surface area contributed by atoms with Gasteiger partial charge in [-0.25, -0.2) is 0 Å². The summed E-state index contributed by atoms with van der Waals surface area (Å²) in [6.45, 7) is 4.94. The lowest BCUT2D eigenvalue weighted by molar-refractivity contribution is -0.0213. The zero-order valence-electron chi connectivity index (χ0n) is 16.0. The molecular formula is C24H30N2. The van der Waals surface area contributed by atoms with Gasteiger partial charge in [0.1, 0.15) is 0 Å². The molecule has 4 aliphatic rings. The SMILES string of the molecule is CC1(C)[C@@H]2C[C@@H]1[C@H](NC1CCCCC1)c1nc(-c3ccccc3)ccc12. The van der Waals surface area contributed by atoms with Crippen LogP contribution in [0.1, 0.15) is 75.6 Å². The quantitative estimate of drug-likeness (QED) is 0.753. The van der Waals surface area contributed by atoms with Crippen LogP contribution in [0.5, 0.6) is 0 Å². The number of benzene rings is 1. The smallest absolute Gasteiger partial charge is 0.0706 e. The van der Waals surface area contributed by atoms with Crippen LogP contribution >= 0.6 is 0 Å². The molecule has 1 aromatic carbocycles. The Morgan fingerprint density at radius 2 is 1.73 bits per heavy atom. The van der Waals surface area contributed by atoms with Crippen LogP contribution < -0.4 is 5.32 Å². The van der Waals surface area contributed by atoms with Crippen LogP contribution in [0.15, 0.2) is 42.5 Å². The molecule has 0 amide bonds. The summed E-state index contributed by atoms with van der Waals surface area (Å²) in [5.74, 6) is 1.41. The lowest BCUT2D eigenvalue weighted by atomic mass is 9.46. The number of hydrogen-bond acceptors (Lipinski definition) is 2. The molecule has 2 aromatic rings. The van der Waals surface area contributed by atoms with Crippen molar-refractivity contribution in [3.8, 4) is 11.3 Å². The van der Waals surface area contributed by atoms with Gasteiger partial charge in [0.05, 0.1) is 17.4 Å². The predicted octanol–water partition coefficient (Wildman–Crippen LogP) is 5.86. The average Bonchev–Trinajstić information content (AvgIpc) is 2.68. The fourth-order valence-corrected chi connectivity index (χ4v) is 5.76. The van der Waals surface area contributed by atoms with Crippen LogP contribution in [0, 0.1) is 11.3 Å². The van der Waals surface area contributed by atoms with Gasteiger partial charge >= 0.3 is 0 Å². The third-order valence-corrected chi connectivity index (χ3v) is 7.46. The van der Waals surface area contributed by atoms with Crippen molar-refractivity contribution in [1.82, 2.24) is 10.3 Å². The fourth-order valence-electron chi connectivity index (χ4n) is 5.76. The number of rotatable bonds is 3. The van der Waals surface area contributed by atoms with Crippen molar-refractivity contribution in [3.05, 3.63) is 53.7 Å². The number of aromatic nitrogens is 1. The van der Waals surface area contributed by atoms with Gasteiger partial charge in [0, 0.05) is 11.6 Å². The van der Waals surface area contributed by atoms with Crippen LogP contribution in [-0.2, 0) is 0 Å². The van der Waals surface area contributed by atoms with E-state index in [1.165, 1.54) is 55.3 Å². The van der Waals surface area contributed by atoms with E-state index >= 15 is 0 Å². The molecule has 1 N–H and O–H groups in total. The molecule has 1 aromatic heterocycles. The highest BCUT2D eigenvalue weighted by Crippen LogP contribution is 2.65. The molecule has 136 valence electrons. The molecule has 2 nitrogen and oxygen atoms in total. The molecule has 4 aliphatic carbocycles. The second-order valence-electron chi connectivity index (χ2n) is 9.23. The Balaban J connectivity index is 1.53. The molecule has 6 rings (SSSR count). The largest absolute Gasteiger partial charge is 0.306 e. The van der Waals surface area contributed by atoms with Crippen LogP contribution in [0.2, 0.25) is 0 Å². The van der Waals surface area contributed by atoms with Gasteiger partial charge in [-0.2, -0.15) is 0 Å². The zero-order chi connectivity index (χ0) is 17.7. The van der Waals surface area contributed by atoms with E-state index in [9.17, 15) is 0 Å². The Kier molecular flexibility index (Phi) is 3.93. The van der Waals surface area contributed by atoms with Crippen LogP contribution in [0.25, 0.3) is 11.3 Å². The second-order valence-corrected chi connectivity index (χ2v) is 9.23. The molecule has 2 bridgehead atoms. The lowest BCUT2D eigenvalue weighted by Gasteiger charge is -2.60. The summed E-state index contributed by atoms with van der Waals surface area (Å²) in [4.78, 5) is 5.21. The van der Waals surface area contributed by atoms with E-state index in [0.29, 0.717) is 23.4 Å². The van der Waals surface area contributed by atoms with Gasteiger partial charge in [-0.05, 0) is 48.1 Å². The van der Waals surface area contributed by atoms with Gasteiger partial charge < -0.3 is 5.32 Å². The van der Waals surface area contributed by atoms with Gasteiger partial charge in [0.2, 0.25) is 0 Å². The van der Waals surface area contributed by atoms with E-state index < -0.39 is 0 Å². The molecule has 2 heteroatoms. The summed E-state index contributed by atoms with van der Waals surface area (Å²) in [5, 5.41) is 4.07. The third kappa shape index (κ3) is 2.53. The van der Waals surface area contributed by atoms with Crippen molar-refractivity contribution in [3.63, 3.8) is 0 Å². The lowest BCUT2D eigenvalue weighted by Crippen LogP contribution is -2.55. The summed E-state index contributed by atoms with van der Waals surface area (Å²) in [5.41, 5.74) is 5.60. The first kappa shape index (κ1) is 16.5. The number of nitrogens with zero attached hydrogens (tertiary/aromatic N) is 1. The maximum atomic E-state index is 5.21. The fraction of sp³-hybridized carbons (Fsp3) is 0.542. The minimum Gasteiger partial charge on any atom is -0.306 e. The first-order chi connectivity index (χ1) is 12.6. The van der Waals surface area contributed by atoms with Gasteiger partial charge in [-0.15, -0.1) is 0 Å². The van der Waals surface area contributed by atoms with Crippen molar-refractivity contribution in [2.24, 2.45) is 11.3 Å². The molecule has 26 heavy (non-hydrogen) atoms. The molecule has 0 aliphatic heterocycles. The Morgan fingerprint density at radius 3 is 2.46 bits per heavy atom. The van der Waals surface area contributed by atoms with Crippen molar-refractivity contribution >= 4 is 0 Å². The molecule has 0 unspecified atom stereocenters. The van der Waals surface area contributed by atoms with Crippen LogP contribution in [0.4, 0.5) is 0 Å². The predicted molar refractivity (Wildman–Crippen MR) is 107 cm³/mol. The normalized spacial score (nSPS) is 29.7. The Bertz CT molecular complexity index is 789. The van der Waals surface area contributed by atoms with E-state index in [1.54, 1.807) is 0 Å². The summed E-state index contributed by atoms with van der Waals surface area (Å²) in [6, 6.07) is 16.4. The average molecular weight is 347 g/mol. The number of pyridine rings is 1. The van der Waals surface area contributed by atoms with Crippen molar-refractivity contribution in [1.29, 1.82) is 0 Å². The molecule has 3 atom stereocenters. The molecule has 2 saturated carbocycles. The number of hydrogen-bond donors (Lipinski definition) is 1. The Labute approximate surface area is 157 Å². The monoisotopic (exact) mass is 346 g/mol. The minimum absolute atomic E-state index is 0.398. The van der Waals surface area contributed by atoms with Crippen LogP contribution in [-0.4, -0.2) is 11.0 Å². The van der Waals surface area contributed by atoms with Gasteiger partial charge in [0.25, 0.3) is 0 Å². The Morgan fingerprint density at radius 1 is 0.962 bits per heavy atom. The van der Waals surface area contributed by atoms with E-state index in [2.05, 4.69) is 61.6 Å². The maximum Gasteiger partial charge on any atom is 0.0706 e. The van der Waals surface area contributed by atoms with Gasteiger partial charge in [0.15, 0.2) is 0 Å². The van der Waals surface area contributed by atoms with Gasteiger partial charge in [-0.1, -0.05) is 69.5 Å². The van der Waals surface area contributed by atoms with E-state index in [4.69, 9.17) is 4.98 Å².